The molecular formula is C21H28N2O3S. The molecule has 6 heteroatoms. The van der Waals surface area contributed by atoms with Crippen LogP contribution in [0.15, 0.2) is 53.4 Å². The fourth-order valence-electron chi connectivity index (χ4n) is 2.87. The Bertz CT molecular complexity index is 888. The molecule has 5 nitrogen and oxygen atoms in total. The van der Waals surface area contributed by atoms with E-state index in [1.165, 1.54) is 24.7 Å². The van der Waals surface area contributed by atoms with Gasteiger partial charge in [-0.2, -0.15) is 0 Å². The summed E-state index contributed by atoms with van der Waals surface area (Å²) >= 11 is 0. The number of benzene rings is 2. The molecule has 0 aliphatic heterocycles. The Balaban J connectivity index is 2.26. The molecule has 0 fully saturated rings. The van der Waals surface area contributed by atoms with E-state index in [1.807, 2.05) is 26.0 Å². The molecule has 1 amide bonds. The summed E-state index contributed by atoms with van der Waals surface area (Å²) in [5.41, 5.74) is 2.59. The molecule has 27 heavy (non-hydrogen) atoms. The van der Waals surface area contributed by atoms with Gasteiger partial charge >= 0.3 is 0 Å². The van der Waals surface area contributed by atoms with E-state index in [2.05, 4.69) is 36.0 Å². The lowest BCUT2D eigenvalue weighted by atomic mass is 9.93. The third-order valence-electron chi connectivity index (χ3n) is 4.59. The molecule has 0 spiro atoms. The highest BCUT2D eigenvalue weighted by Gasteiger charge is 2.21. The van der Waals surface area contributed by atoms with Gasteiger partial charge in [0.2, 0.25) is 10.0 Å². The van der Waals surface area contributed by atoms with Crippen LogP contribution in [0.4, 0.5) is 0 Å². The summed E-state index contributed by atoms with van der Waals surface area (Å²) in [5.74, 6) is 0.334. The standard InChI is InChI=1S/C21H28N2O3S/c1-14(2)16-9-11-17(12-10-16)20(15(3)4)23-21(24)18-7-6-8-19(13-18)27(25,26)22-5/h6-15,20,22H,1-5H3,(H,23,24)/t20-/m0/s1. The summed E-state index contributed by atoms with van der Waals surface area (Å²) in [7, 11) is -2.25. The van der Waals surface area contributed by atoms with Crippen LogP contribution in [0, 0.1) is 5.92 Å². The van der Waals surface area contributed by atoms with Gasteiger partial charge in [0, 0.05) is 5.56 Å². The van der Waals surface area contributed by atoms with Crippen LogP contribution in [0.2, 0.25) is 0 Å². The first-order valence-corrected chi connectivity index (χ1v) is 10.6. The van der Waals surface area contributed by atoms with Crippen LogP contribution >= 0.6 is 0 Å². The van der Waals surface area contributed by atoms with Crippen molar-refractivity contribution in [3.05, 3.63) is 65.2 Å². The molecule has 0 saturated carbocycles. The van der Waals surface area contributed by atoms with Crippen molar-refractivity contribution in [2.75, 3.05) is 7.05 Å². The Labute approximate surface area is 162 Å². The van der Waals surface area contributed by atoms with Crippen molar-refractivity contribution in [1.82, 2.24) is 10.0 Å². The van der Waals surface area contributed by atoms with Crippen molar-refractivity contribution >= 4 is 15.9 Å². The Morgan fingerprint density at radius 2 is 1.52 bits per heavy atom. The van der Waals surface area contributed by atoms with Gasteiger partial charge in [0.25, 0.3) is 5.91 Å². The largest absolute Gasteiger partial charge is 0.345 e. The van der Waals surface area contributed by atoms with Crippen LogP contribution in [0.25, 0.3) is 0 Å². The fourth-order valence-corrected chi connectivity index (χ4v) is 3.65. The van der Waals surface area contributed by atoms with E-state index in [9.17, 15) is 13.2 Å². The Hall–Kier alpha value is -2.18. The van der Waals surface area contributed by atoms with Crippen LogP contribution in [-0.2, 0) is 10.0 Å². The predicted octanol–water partition coefficient (Wildman–Crippen LogP) is 3.85. The van der Waals surface area contributed by atoms with E-state index in [4.69, 9.17) is 0 Å². The zero-order valence-electron chi connectivity index (χ0n) is 16.5. The van der Waals surface area contributed by atoms with Gasteiger partial charge < -0.3 is 5.32 Å². The summed E-state index contributed by atoms with van der Waals surface area (Å²) in [5, 5.41) is 3.04. The molecule has 2 aromatic carbocycles. The van der Waals surface area contributed by atoms with E-state index < -0.39 is 10.0 Å². The molecule has 0 heterocycles. The van der Waals surface area contributed by atoms with Gasteiger partial charge in [-0.25, -0.2) is 13.1 Å². The van der Waals surface area contributed by atoms with Crippen LogP contribution in [-0.4, -0.2) is 21.4 Å². The van der Waals surface area contributed by atoms with Gasteiger partial charge in [0.05, 0.1) is 10.9 Å². The summed E-state index contributed by atoms with van der Waals surface area (Å²) in [6.45, 7) is 8.37. The third kappa shape index (κ3) is 5.17. The molecule has 0 saturated heterocycles. The maximum atomic E-state index is 12.7. The van der Waals surface area contributed by atoms with Crippen molar-refractivity contribution < 1.29 is 13.2 Å². The molecule has 0 radical (unpaired) electrons. The number of amides is 1. The van der Waals surface area contributed by atoms with E-state index in [-0.39, 0.29) is 22.8 Å². The van der Waals surface area contributed by atoms with Gasteiger partial charge in [-0.3, -0.25) is 4.79 Å². The zero-order valence-corrected chi connectivity index (χ0v) is 17.3. The molecule has 0 bridgehead atoms. The lowest BCUT2D eigenvalue weighted by Crippen LogP contribution is -2.32. The third-order valence-corrected chi connectivity index (χ3v) is 6.00. The summed E-state index contributed by atoms with van der Waals surface area (Å²) in [4.78, 5) is 12.8. The van der Waals surface area contributed by atoms with Gasteiger partial charge in [-0.05, 0) is 48.2 Å². The quantitative estimate of drug-likeness (QED) is 0.757. The molecule has 0 aliphatic carbocycles. The summed E-state index contributed by atoms with van der Waals surface area (Å²) in [6.07, 6.45) is 0. The number of carbonyl (C=O) groups is 1. The smallest absolute Gasteiger partial charge is 0.251 e. The van der Waals surface area contributed by atoms with E-state index in [1.54, 1.807) is 12.1 Å². The van der Waals surface area contributed by atoms with Gasteiger partial charge in [0.1, 0.15) is 0 Å². The Kier molecular flexibility index (Phi) is 6.78. The average Bonchev–Trinajstić information content (AvgIpc) is 2.65. The van der Waals surface area contributed by atoms with Gasteiger partial charge in [-0.15, -0.1) is 0 Å². The molecule has 2 rings (SSSR count). The van der Waals surface area contributed by atoms with Crippen LogP contribution in [0.3, 0.4) is 0 Å². The minimum atomic E-state index is -3.59. The second kappa shape index (κ2) is 8.67. The Morgan fingerprint density at radius 1 is 0.926 bits per heavy atom. The average molecular weight is 389 g/mol. The number of rotatable bonds is 7. The topological polar surface area (TPSA) is 75.3 Å². The van der Waals surface area contributed by atoms with Crippen LogP contribution < -0.4 is 10.0 Å². The molecule has 0 aliphatic rings. The highest BCUT2D eigenvalue weighted by atomic mass is 32.2. The molecule has 1 atom stereocenters. The maximum absolute atomic E-state index is 12.7. The molecule has 0 unspecified atom stereocenters. The molecule has 2 N–H and O–H groups in total. The van der Waals surface area contributed by atoms with E-state index in [0.29, 0.717) is 11.5 Å². The summed E-state index contributed by atoms with van der Waals surface area (Å²) < 4.78 is 26.2. The number of hydrogen-bond donors (Lipinski definition) is 2. The van der Waals surface area contributed by atoms with Crippen molar-refractivity contribution in [3.8, 4) is 0 Å². The Morgan fingerprint density at radius 3 is 2.04 bits per heavy atom. The van der Waals surface area contributed by atoms with E-state index >= 15 is 0 Å². The first-order valence-electron chi connectivity index (χ1n) is 9.10. The van der Waals surface area contributed by atoms with Gasteiger partial charge in [-0.1, -0.05) is 58.0 Å². The molecular weight excluding hydrogens is 360 g/mol. The van der Waals surface area contributed by atoms with Gasteiger partial charge in [0.15, 0.2) is 0 Å². The summed E-state index contributed by atoms with van der Waals surface area (Å²) in [6, 6.07) is 14.1. The maximum Gasteiger partial charge on any atom is 0.251 e. The van der Waals surface area contributed by atoms with E-state index in [0.717, 1.165) is 5.56 Å². The van der Waals surface area contributed by atoms with Crippen molar-refractivity contribution in [2.24, 2.45) is 5.92 Å². The second-order valence-corrected chi connectivity index (χ2v) is 9.14. The fraction of sp³-hybridized carbons (Fsp3) is 0.381. The predicted molar refractivity (Wildman–Crippen MR) is 108 cm³/mol. The van der Waals surface area contributed by atoms with Crippen LogP contribution in [0.1, 0.15) is 61.1 Å². The normalized spacial score (nSPS) is 13.0. The number of hydrogen-bond acceptors (Lipinski definition) is 3. The van der Waals surface area contributed by atoms with Crippen molar-refractivity contribution in [1.29, 1.82) is 0 Å². The highest BCUT2D eigenvalue weighted by Crippen LogP contribution is 2.25. The monoisotopic (exact) mass is 388 g/mol. The molecule has 0 aromatic heterocycles. The van der Waals surface area contributed by atoms with Crippen molar-refractivity contribution in [3.63, 3.8) is 0 Å². The van der Waals surface area contributed by atoms with Crippen LogP contribution in [0.5, 0.6) is 0 Å². The molecule has 146 valence electrons. The lowest BCUT2D eigenvalue weighted by Gasteiger charge is -2.23. The van der Waals surface area contributed by atoms with Crippen molar-refractivity contribution in [2.45, 2.75) is 44.6 Å². The SMILES string of the molecule is CNS(=O)(=O)c1cccc(C(=O)N[C@H](c2ccc(C(C)C)cc2)C(C)C)c1. The number of carbonyl (C=O) groups excluding carboxylic acids is 1. The number of sulfonamides is 1. The zero-order chi connectivity index (χ0) is 20.2. The number of nitrogens with one attached hydrogen (secondary N) is 2. The lowest BCUT2D eigenvalue weighted by molar-refractivity contribution is 0.0925. The first kappa shape index (κ1) is 21.1. The highest BCUT2D eigenvalue weighted by molar-refractivity contribution is 7.89. The first-order chi connectivity index (χ1) is 12.7. The second-order valence-electron chi connectivity index (χ2n) is 7.25. The minimum absolute atomic E-state index is 0.0695. The minimum Gasteiger partial charge on any atom is -0.345 e. The molecule has 2 aromatic rings.